The highest BCUT2D eigenvalue weighted by molar-refractivity contribution is 6.03. The number of rotatable bonds is 6. The number of anilines is 1. The van der Waals surface area contributed by atoms with Crippen LogP contribution in [0.25, 0.3) is 0 Å². The number of aryl methyl sites for hydroxylation is 1. The third-order valence-corrected chi connectivity index (χ3v) is 4.91. The van der Waals surface area contributed by atoms with Gasteiger partial charge in [0.05, 0.1) is 17.7 Å². The molecule has 29 heavy (non-hydrogen) atoms. The zero-order chi connectivity index (χ0) is 21.1. The van der Waals surface area contributed by atoms with Crippen molar-refractivity contribution in [3.8, 4) is 5.75 Å². The van der Waals surface area contributed by atoms with E-state index in [-0.39, 0.29) is 29.9 Å². The molecule has 0 saturated carbocycles. The van der Waals surface area contributed by atoms with Crippen molar-refractivity contribution in [1.82, 2.24) is 20.4 Å². The van der Waals surface area contributed by atoms with E-state index in [1.165, 1.54) is 0 Å². The van der Waals surface area contributed by atoms with E-state index in [1.54, 1.807) is 35.0 Å². The van der Waals surface area contributed by atoms with Crippen molar-refractivity contribution in [2.24, 2.45) is 5.92 Å². The summed E-state index contributed by atoms with van der Waals surface area (Å²) in [5, 5.41) is 13.6. The van der Waals surface area contributed by atoms with Gasteiger partial charge < -0.3 is 15.4 Å². The fourth-order valence-electron chi connectivity index (χ4n) is 3.50. The first-order valence-electron chi connectivity index (χ1n) is 9.99. The third kappa shape index (κ3) is 4.76. The van der Waals surface area contributed by atoms with E-state index in [0.717, 1.165) is 12.1 Å². The van der Waals surface area contributed by atoms with Gasteiger partial charge in [0.15, 0.2) is 6.29 Å². The summed E-state index contributed by atoms with van der Waals surface area (Å²) in [5.74, 6) is 0.854. The molecule has 1 aromatic carbocycles. The summed E-state index contributed by atoms with van der Waals surface area (Å²) >= 11 is 0. The van der Waals surface area contributed by atoms with Gasteiger partial charge >= 0.3 is 0 Å². The van der Waals surface area contributed by atoms with Crippen molar-refractivity contribution in [1.29, 1.82) is 0 Å². The van der Waals surface area contributed by atoms with Gasteiger partial charge in [-0.05, 0) is 58.4 Å². The lowest BCUT2D eigenvalue weighted by Gasteiger charge is -2.35. The smallest absolute Gasteiger partial charge is 0.256 e. The molecule has 3 N–H and O–H groups in total. The molecular formula is C21H29N5O3. The fourth-order valence-corrected chi connectivity index (χ4v) is 3.50. The van der Waals surface area contributed by atoms with Gasteiger partial charge in [0.1, 0.15) is 11.6 Å². The Morgan fingerprint density at radius 1 is 1.31 bits per heavy atom. The maximum Gasteiger partial charge on any atom is 0.256 e. The van der Waals surface area contributed by atoms with Crippen LogP contribution in [0, 0.1) is 12.8 Å². The monoisotopic (exact) mass is 399 g/mol. The minimum Gasteiger partial charge on any atom is -0.491 e. The first kappa shape index (κ1) is 20.9. The number of amides is 2. The van der Waals surface area contributed by atoms with Crippen LogP contribution < -0.4 is 20.7 Å². The number of hydrogen-bond donors (Lipinski definition) is 3. The summed E-state index contributed by atoms with van der Waals surface area (Å²) in [4.78, 5) is 25.1. The number of nitrogens with one attached hydrogen (secondary N) is 3. The molecule has 0 bridgehead atoms. The Labute approximate surface area is 171 Å². The molecule has 8 nitrogen and oxygen atoms in total. The predicted octanol–water partition coefficient (Wildman–Crippen LogP) is 2.82. The SMILES string of the molecule is CCC1C(=O)NC(n2nc(C)cc2NC(=O)c2ccc(OC(C)C)cc2)NC1C. The van der Waals surface area contributed by atoms with E-state index >= 15 is 0 Å². The second-order valence-electron chi connectivity index (χ2n) is 7.64. The largest absolute Gasteiger partial charge is 0.491 e. The molecule has 1 aromatic heterocycles. The molecule has 3 unspecified atom stereocenters. The van der Waals surface area contributed by atoms with Gasteiger partial charge in [-0.25, -0.2) is 4.68 Å². The number of benzene rings is 1. The van der Waals surface area contributed by atoms with E-state index in [2.05, 4.69) is 21.0 Å². The van der Waals surface area contributed by atoms with Gasteiger partial charge in [-0.1, -0.05) is 6.92 Å². The molecule has 1 aliphatic rings. The number of aromatic nitrogens is 2. The molecule has 2 heterocycles. The highest BCUT2D eigenvalue weighted by Gasteiger charge is 2.34. The average molecular weight is 399 g/mol. The Morgan fingerprint density at radius 3 is 2.59 bits per heavy atom. The maximum absolute atomic E-state index is 12.7. The van der Waals surface area contributed by atoms with E-state index in [1.807, 2.05) is 34.6 Å². The molecule has 3 rings (SSSR count). The van der Waals surface area contributed by atoms with E-state index in [4.69, 9.17) is 4.74 Å². The standard InChI is InChI=1S/C21H29N5O3/c1-6-17-14(5)22-21(24-20(17)28)26-18(11-13(4)25-26)23-19(27)15-7-9-16(10-8-15)29-12(2)3/h7-12,14,17,21-22H,6H2,1-5H3,(H,23,27)(H,24,28). The number of hydrogen-bond acceptors (Lipinski definition) is 5. The number of nitrogens with zero attached hydrogens (tertiary/aromatic N) is 2. The van der Waals surface area contributed by atoms with E-state index in [9.17, 15) is 9.59 Å². The lowest BCUT2D eigenvalue weighted by molar-refractivity contribution is -0.130. The molecule has 0 spiro atoms. The lowest BCUT2D eigenvalue weighted by Crippen LogP contribution is -2.57. The summed E-state index contributed by atoms with van der Waals surface area (Å²) in [6.45, 7) is 9.71. The van der Waals surface area contributed by atoms with Crippen molar-refractivity contribution in [3.63, 3.8) is 0 Å². The topological polar surface area (TPSA) is 97.3 Å². The van der Waals surface area contributed by atoms with Crippen LogP contribution in [0.3, 0.4) is 0 Å². The molecule has 3 atom stereocenters. The Balaban J connectivity index is 1.75. The van der Waals surface area contributed by atoms with Crippen LogP contribution in [0.2, 0.25) is 0 Å². The second-order valence-corrected chi connectivity index (χ2v) is 7.64. The number of carbonyl (C=O) groups excluding carboxylic acids is 2. The first-order valence-corrected chi connectivity index (χ1v) is 9.99. The Hall–Kier alpha value is -2.87. The minimum atomic E-state index is -0.522. The number of carbonyl (C=O) groups is 2. The molecular weight excluding hydrogens is 370 g/mol. The van der Waals surface area contributed by atoms with Gasteiger partial charge in [0, 0.05) is 17.7 Å². The molecule has 8 heteroatoms. The van der Waals surface area contributed by atoms with Crippen molar-refractivity contribution >= 4 is 17.6 Å². The molecule has 2 aromatic rings. The Bertz CT molecular complexity index is 875. The zero-order valence-electron chi connectivity index (χ0n) is 17.5. The Kier molecular flexibility index (Phi) is 6.22. The maximum atomic E-state index is 12.7. The van der Waals surface area contributed by atoms with Crippen molar-refractivity contribution < 1.29 is 14.3 Å². The van der Waals surface area contributed by atoms with Gasteiger partial charge in [-0.15, -0.1) is 0 Å². The van der Waals surface area contributed by atoms with Gasteiger partial charge in [0.25, 0.3) is 5.91 Å². The number of ether oxygens (including phenoxy) is 1. The normalized spacial score (nSPS) is 21.7. The fraction of sp³-hybridized carbons (Fsp3) is 0.476. The van der Waals surface area contributed by atoms with Crippen molar-refractivity contribution in [2.45, 2.75) is 59.5 Å². The van der Waals surface area contributed by atoms with Gasteiger partial charge in [-0.2, -0.15) is 5.10 Å². The average Bonchev–Trinajstić information content (AvgIpc) is 3.01. The van der Waals surface area contributed by atoms with E-state index in [0.29, 0.717) is 17.1 Å². The van der Waals surface area contributed by atoms with Crippen LogP contribution in [-0.4, -0.2) is 33.7 Å². The molecule has 1 saturated heterocycles. The van der Waals surface area contributed by atoms with Crippen LogP contribution in [-0.2, 0) is 4.79 Å². The molecule has 0 radical (unpaired) electrons. The van der Waals surface area contributed by atoms with Crippen LogP contribution in [0.5, 0.6) is 5.75 Å². The van der Waals surface area contributed by atoms with Crippen molar-refractivity contribution in [2.75, 3.05) is 5.32 Å². The molecule has 0 aliphatic carbocycles. The lowest BCUT2D eigenvalue weighted by atomic mass is 9.95. The van der Waals surface area contributed by atoms with Crippen LogP contribution in [0.15, 0.2) is 30.3 Å². The summed E-state index contributed by atoms with van der Waals surface area (Å²) in [7, 11) is 0. The molecule has 156 valence electrons. The van der Waals surface area contributed by atoms with Crippen molar-refractivity contribution in [3.05, 3.63) is 41.6 Å². The summed E-state index contributed by atoms with van der Waals surface area (Å²) < 4.78 is 7.21. The Morgan fingerprint density at radius 2 is 2.00 bits per heavy atom. The zero-order valence-corrected chi connectivity index (χ0v) is 17.5. The second kappa shape index (κ2) is 8.65. The molecule has 1 aliphatic heterocycles. The highest BCUT2D eigenvalue weighted by Crippen LogP contribution is 2.22. The van der Waals surface area contributed by atoms with Crippen LogP contribution in [0.4, 0.5) is 5.82 Å². The van der Waals surface area contributed by atoms with E-state index < -0.39 is 6.29 Å². The summed E-state index contributed by atoms with van der Waals surface area (Å²) in [5.41, 5.74) is 1.24. The predicted molar refractivity (Wildman–Crippen MR) is 111 cm³/mol. The minimum absolute atomic E-state index is 0.000286. The van der Waals surface area contributed by atoms with Gasteiger partial charge in [-0.3, -0.25) is 14.9 Å². The highest BCUT2D eigenvalue weighted by atomic mass is 16.5. The molecule has 2 amide bonds. The summed E-state index contributed by atoms with van der Waals surface area (Å²) in [6.07, 6.45) is 0.302. The van der Waals surface area contributed by atoms with Crippen LogP contribution in [0.1, 0.15) is 56.5 Å². The quantitative estimate of drug-likeness (QED) is 0.694. The molecule has 1 fully saturated rings. The first-order chi connectivity index (χ1) is 13.8. The van der Waals surface area contributed by atoms with Gasteiger partial charge in [0.2, 0.25) is 5.91 Å². The van der Waals surface area contributed by atoms with Crippen LogP contribution >= 0.6 is 0 Å². The third-order valence-electron chi connectivity index (χ3n) is 4.91. The summed E-state index contributed by atoms with van der Waals surface area (Å²) in [6, 6.07) is 8.75.